The summed E-state index contributed by atoms with van der Waals surface area (Å²) in [6.45, 7) is -1.89. The lowest BCUT2D eigenvalue weighted by Crippen LogP contribution is -2.32. The second kappa shape index (κ2) is 5.77. The summed E-state index contributed by atoms with van der Waals surface area (Å²) in [5, 5.41) is 3.04. The van der Waals surface area contributed by atoms with Gasteiger partial charge in [0.05, 0.1) is 6.61 Å². The van der Waals surface area contributed by atoms with Gasteiger partial charge in [-0.1, -0.05) is 12.1 Å². The van der Waals surface area contributed by atoms with Crippen molar-refractivity contribution in [1.82, 2.24) is 5.32 Å². The number of hydrogen-bond donors (Lipinski definition) is 1. The molecule has 98 valence electrons. The Bertz CT molecular complexity index is 408. The molecule has 2 rings (SSSR count). The van der Waals surface area contributed by atoms with Crippen molar-refractivity contribution in [3.05, 3.63) is 29.8 Å². The third kappa shape index (κ3) is 3.40. The Morgan fingerprint density at radius 2 is 2.11 bits per heavy atom. The van der Waals surface area contributed by atoms with E-state index in [1.807, 2.05) is 0 Å². The lowest BCUT2D eigenvalue weighted by molar-refractivity contribution is -0.139. The number of ether oxygens (including phenoxy) is 2. The Balaban J connectivity index is 1.84. The predicted molar refractivity (Wildman–Crippen MR) is 59.3 cm³/mol. The van der Waals surface area contributed by atoms with E-state index in [9.17, 15) is 13.6 Å². The van der Waals surface area contributed by atoms with Crippen molar-refractivity contribution in [1.29, 1.82) is 0 Å². The van der Waals surface area contributed by atoms with Crippen LogP contribution in [0.5, 0.6) is 5.75 Å². The summed E-state index contributed by atoms with van der Waals surface area (Å²) < 4.78 is 32.9. The zero-order valence-electron chi connectivity index (χ0n) is 9.57. The van der Waals surface area contributed by atoms with Crippen LogP contribution in [0.2, 0.25) is 0 Å². The van der Waals surface area contributed by atoms with Gasteiger partial charge < -0.3 is 14.8 Å². The molecule has 0 saturated carbocycles. The summed E-state index contributed by atoms with van der Waals surface area (Å²) in [6, 6.07) is 6.00. The van der Waals surface area contributed by atoms with Crippen LogP contribution in [-0.4, -0.2) is 25.2 Å². The first kappa shape index (κ1) is 12.8. The molecule has 18 heavy (non-hydrogen) atoms. The number of hydrogen-bond acceptors (Lipinski definition) is 4. The molecule has 0 radical (unpaired) electrons. The maximum Gasteiger partial charge on any atom is 0.387 e. The Kier molecular flexibility index (Phi) is 4.09. The van der Waals surface area contributed by atoms with Gasteiger partial charge in [0.1, 0.15) is 11.8 Å². The number of halogens is 2. The molecule has 1 aliphatic heterocycles. The minimum absolute atomic E-state index is 0.119. The molecule has 1 heterocycles. The van der Waals surface area contributed by atoms with Gasteiger partial charge in [-0.15, -0.1) is 0 Å². The van der Waals surface area contributed by atoms with Crippen molar-refractivity contribution in [2.75, 3.05) is 6.61 Å². The fourth-order valence-electron chi connectivity index (χ4n) is 1.71. The summed E-state index contributed by atoms with van der Waals surface area (Å²) in [6.07, 6.45) is 0.658. The number of rotatable bonds is 5. The normalized spacial score (nSPS) is 19.1. The van der Waals surface area contributed by atoms with Crippen molar-refractivity contribution < 1.29 is 23.0 Å². The average Bonchev–Trinajstić information content (AvgIpc) is 2.73. The van der Waals surface area contributed by atoms with Gasteiger partial charge in [-0.05, 0) is 17.7 Å². The van der Waals surface area contributed by atoms with Crippen molar-refractivity contribution in [3.8, 4) is 5.75 Å². The van der Waals surface area contributed by atoms with Crippen LogP contribution in [0.1, 0.15) is 12.0 Å². The SMILES string of the molecule is O=C1OCCC1NCc1ccc(OC(F)F)cc1. The molecular formula is C12H13F2NO3. The van der Waals surface area contributed by atoms with Gasteiger partial charge >= 0.3 is 12.6 Å². The highest BCUT2D eigenvalue weighted by atomic mass is 19.3. The van der Waals surface area contributed by atoms with Gasteiger partial charge in [-0.2, -0.15) is 8.78 Å². The van der Waals surface area contributed by atoms with Crippen LogP contribution >= 0.6 is 0 Å². The molecule has 1 aromatic carbocycles. The second-order valence-electron chi connectivity index (χ2n) is 3.91. The minimum Gasteiger partial charge on any atom is -0.464 e. The third-order valence-corrected chi connectivity index (χ3v) is 2.64. The number of nitrogens with one attached hydrogen (secondary N) is 1. The zero-order chi connectivity index (χ0) is 13.0. The highest BCUT2D eigenvalue weighted by Gasteiger charge is 2.25. The molecule has 1 atom stereocenters. The molecule has 1 unspecified atom stereocenters. The molecule has 0 aliphatic carbocycles. The quantitative estimate of drug-likeness (QED) is 0.815. The highest BCUT2D eigenvalue weighted by molar-refractivity contribution is 5.77. The standard InChI is InChI=1S/C12H13F2NO3/c13-12(14)18-9-3-1-8(2-4-9)7-15-10-5-6-17-11(10)16/h1-4,10,12,15H,5-7H2. The highest BCUT2D eigenvalue weighted by Crippen LogP contribution is 2.15. The van der Waals surface area contributed by atoms with Crippen LogP contribution < -0.4 is 10.1 Å². The van der Waals surface area contributed by atoms with Gasteiger partial charge in [-0.3, -0.25) is 4.79 Å². The Hall–Kier alpha value is -1.69. The fraction of sp³-hybridized carbons (Fsp3) is 0.417. The minimum atomic E-state index is -2.82. The first-order valence-corrected chi connectivity index (χ1v) is 5.59. The Labute approximate surface area is 103 Å². The lowest BCUT2D eigenvalue weighted by atomic mass is 10.2. The van der Waals surface area contributed by atoms with Crippen molar-refractivity contribution in [2.45, 2.75) is 25.6 Å². The summed E-state index contributed by atoms with van der Waals surface area (Å²) in [5.41, 5.74) is 0.885. The topological polar surface area (TPSA) is 47.6 Å². The molecule has 1 aliphatic rings. The molecule has 6 heteroatoms. The van der Waals surface area contributed by atoms with E-state index in [-0.39, 0.29) is 17.8 Å². The number of cyclic esters (lactones) is 1. The second-order valence-corrected chi connectivity index (χ2v) is 3.91. The molecule has 0 bridgehead atoms. The zero-order valence-corrected chi connectivity index (χ0v) is 9.57. The smallest absolute Gasteiger partial charge is 0.387 e. The molecule has 0 amide bonds. The van der Waals surface area contributed by atoms with E-state index in [4.69, 9.17) is 4.74 Å². The molecule has 1 fully saturated rings. The maximum atomic E-state index is 11.9. The third-order valence-electron chi connectivity index (χ3n) is 2.64. The van der Waals surface area contributed by atoms with E-state index >= 15 is 0 Å². The Morgan fingerprint density at radius 3 is 2.67 bits per heavy atom. The van der Waals surface area contributed by atoms with Crippen molar-refractivity contribution >= 4 is 5.97 Å². The van der Waals surface area contributed by atoms with Crippen LogP contribution in [0.4, 0.5) is 8.78 Å². The average molecular weight is 257 g/mol. The summed E-state index contributed by atoms with van der Waals surface area (Å²) in [5.74, 6) is -0.123. The van der Waals surface area contributed by atoms with E-state index in [0.29, 0.717) is 19.6 Å². The van der Waals surface area contributed by atoms with Gasteiger partial charge in [0.2, 0.25) is 0 Å². The van der Waals surface area contributed by atoms with Crippen molar-refractivity contribution in [2.24, 2.45) is 0 Å². The lowest BCUT2D eigenvalue weighted by Gasteiger charge is -2.09. The monoisotopic (exact) mass is 257 g/mol. The maximum absolute atomic E-state index is 11.9. The molecule has 0 aromatic heterocycles. The van der Waals surface area contributed by atoms with Crippen molar-refractivity contribution in [3.63, 3.8) is 0 Å². The predicted octanol–water partition coefficient (Wildman–Crippen LogP) is 1.69. The molecule has 1 aromatic rings. The van der Waals surface area contributed by atoms with E-state index in [1.165, 1.54) is 12.1 Å². The summed E-state index contributed by atoms with van der Waals surface area (Å²) >= 11 is 0. The fourth-order valence-corrected chi connectivity index (χ4v) is 1.71. The first-order chi connectivity index (χ1) is 8.65. The molecule has 0 spiro atoms. The van der Waals surface area contributed by atoms with Gasteiger partial charge in [0.15, 0.2) is 0 Å². The van der Waals surface area contributed by atoms with E-state index < -0.39 is 6.61 Å². The van der Waals surface area contributed by atoms with Crippen LogP contribution in [0, 0.1) is 0 Å². The summed E-state index contributed by atoms with van der Waals surface area (Å²) in [4.78, 5) is 11.2. The molecule has 1 N–H and O–H groups in total. The van der Waals surface area contributed by atoms with E-state index in [1.54, 1.807) is 12.1 Å². The number of esters is 1. The number of benzene rings is 1. The van der Waals surface area contributed by atoms with Crippen LogP contribution in [0.3, 0.4) is 0 Å². The number of alkyl halides is 2. The molecule has 1 saturated heterocycles. The first-order valence-electron chi connectivity index (χ1n) is 5.59. The number of carbonyl (C=O) groups excluding carboxylic acids is 1. The van der Waals surface area contributed by atoms with Crippen LogP contribution in [0.25, 0.3) is 0 Å². The molecular weight excluding hydrogens is 244 g/mol. The van der Waals surface area contributed by atoms with Gasteiger partial charge in [0.25, 0.3) is 0 Å². The van der Waals surface area contributed by atoms with Crippen LogP contribution in [0.15, 0.2) is 24.3 Å². The van der Waals surface area contributed by atoms with Gasteiger partial charge in [0, 0.05) is 13.0 Å². The van der Waals surface area contributed by atoms with E-state index in [0.717, 1.165) is 5.56 Å². The number of carbonyl (C=O) groups is 1. The van der Waals surface area contributed by atoms with Gasteiger partial charge in [-0.25, -0.2) is 0 Å². The Morgan fingerprint density at radius 1 is 1.39 bits per heavy atom. The van der Waals surface area contributed by atoms with E-state index in [2.05, 4.69) is 10.1 Å². The van der Waals surface area contributed by atoms with Crippen LogP contribution in [-0.2, 0) is 16.1 Å². The largest absolute Gasteiger partial charge is 0.464 e. The molecule has 4 nitrogen and oxygen atoms in total. The summed E-state index contributed by atoms with van der Waals surface area (Å²) in [7, 11) is 0.